The first kappa shape index (κ1) is 13.0. The van der Waals surface area contributed by atoms with Gasteiger partial charge in [-0.05, 0) is 41.1 Å². The van der Waals surface area contributed by atoms with Gasteiger partial charge in [-0.1, -0.05) is 12.8 Å². The second-order valence-electron chi connectivity index (χ2n) is 4.25. The smallest absolute Gasteiger partial charge is 0.256 e. The van der Waals surface area contributed by atoms with E-state index in [1.807, 2.05) is 11.8 Å². The number of amides is 1. The molecule has 1 aromatic heterocycles. The van der Waals surface area contributed by atoms with Crippen LogP contribution in [0.15, 0.2) is 21.4 Å². The highest BCUT2D eigenvalue weighted by atomic mass is 79.9. The van der Waals surface area contributed by atoms with E-state index in [-0.39, 0.29) is 11.9 Å². The molecule has 0 bridgehead atoms. The van der Waals surface area contributed by atoms with Crippen LogP contribution >= 0.6 is 27.7 Å². The Hall–Kier alpha value is -0.420. The third-order valence-electron chi connectivity index (χ3n) is 3.18. The van der Waals surface area contributed by atoms with Gasteiger partial charge >= 0.3 is 0 Å². The normalized spacial score (nSPS) is 24.6. The van der Waals surface area contributed by atoms with E-state index in [1.165, 1.54) is 25.5 Å². The predicted octanol–water partition coefficient (Wildman–Crippen LogP) is 3.45. The first-order valence-electron chi connectivity index (χ1n) is 5.79. The average Bonchev–Trinajstić information content (AvgIpc) is 2.76. The molecule has 1 aliphatic rings. The van der Waals surface area contributed by atoms with Gasteiger partial charge in [-0.25, -0.2) is 0 Å². The quantitative estimate of drug-likeness (QED) is 0.928. The number of carbonyl (C=O) groups excluding carboxylic acids is 1. The summed E-state index contributed by atoms with van der Waals surface area (Å²) >= 11 is 5.08. The van der Waals surface area contributed by atoms with Gasteiger partial charge in [0, 0.05) is 11.3 Å². The summed E-state index contributed by atoms with van der Waals surface area (Å²) in [5.74, 6) is -0.0448. The van der Waals surface area contributed by atoms with Crippen LogP contribution in [-0.2, 0) is 0 Å². The zero-order chi connectivity index (χ0) is 12.3. The molecule has 1 amide bonds. The topological polar surface area (TPSA) is 42.2 Å². The van der Waals surface area contributed by atoms with E-state index in [0.717, 1.165) is 6.42 Å². The van der Waals surface area contributed by atoms with Gasteiger partial charge in [0.25, 0.3) is 5.91 Å². The van der Waals surface area contributed by atoms with Crippen molar-refractivity contribution in [3.63, 3.8) is 0 Å². The lowest BCUT2D eigenvalue weighted by molar-refractivity contribution is 0.0927. The Kier molecular flexibility index (Phi) is 4.56. The molecule has 1 heterocycles. The van der Waals surface area contributed by atoms with Crippen LogP contribution in [0, 0.1) is 0 Å². The Balaban J connectivity index is 2.00. The number of thioether (sulfide) groups is 1. The van der Waals surface area contributed by atoms with E-state index in [2.05, 4.69) is 27.5 Å². The molecule has 3 nitrogen and oxygen atoms in total. The number of furan rings is 1. The van der Waals surface area contributed by atoms with Crippen molar-refractivity contribution in [3.8, 4) is 0 Å². The van der Waals surface area contributed by atoms with Crippen LogP contribution in [0.3, 0.4) is 0 Å². The number of carbonyl (C=O) groups is 1. The zero-order valence-corrected chi connectivity index (χ0v) is 12.1. The van der Waals surface area contributed by atoms with Gasteiger partial charge in [0.2, 0.25) is 0 Å². The summed E-state index contributed by atoms with van der Waals surface area (Å²) in [6.45, 7) is 0. The van der Waals surface area contributed by atoms with Crippen molar-refractivity contribution >= 4 is 33.6 Å². The number of halogens is 1. The zero-order valence-electron chi connectivity index (χ0n) is 9.74. The average molecular weight is 318 g/mol. The van der Waals surface area contributed by atoms with Crippen LogP contribution in [0.25, 0.3) is 0 Å². The van der Waals surface area contributed by atoms with Gasteiger partial charge in [0.05, 0.1) is 11.8 Å². The first-order valence-corrected chi connectivity index (χ1v) is 7.87. The minimum Gasteiger partial charge on any atom is -0.457 e. The molecule has 2 unspecified atom stereocenters. The maximum atomic E-state index is 12.0. The van der Waals surface area contributed by atoms with Crippen LogP contribution in [0.2, 0.25) is 0 Å². The molecule has 1 aliphatic carbocycles. The highest BCUT2D eigenvalue weighted by molar-refractivity contribution is 9.10. The van der Waals surface area contributed by atoms with Crippen molar-refractivity contribution in [2.75, 3.05) is 6.26 Å². The van der Waals surface area contributed by atoms with Gasteiger partial charge in [-0.3, -0.25) is 4.79 Å². The van der Waals surface area contributed by atoms with E-state index < -0.39 is 0 Å². The van der Waals surface area contributed by atoms with Crippen LogP contribution in [0.4, 0.5) is 0 Å². The standard InChI is InChI=1S/C12H16BrNO2S/c1-17-10-5-3-2-4-9(10)14-12(15)8-6-7-16-11(8)13/h6-7,9-10H,2-5H2,1H3,(H,14,15). The lowest BCUT2D eigenvalue weighted by atomic mass is 9.94. The van der Waals surface area contributed by atoms with Crippen LogP contribution in [0.1, 0.15) is 36.0 Å². The summed E-state index contributed by atoms with van der Waals surface area (Å²) in [5.41, 5.74) is 0.579. The summed E-state index contributed by atoms with van der Waals surface area (Å²) in [6.07, 6.45) is 8.38. The lowest BCUT2D eigenvalue weighted by Gasteiger charge is -2.30. The fraction of sp³-hybridized carbons (Fsp3) is 0.583. The van der Waals surface area contributed by atoms with Crippen molar-refractivity contribution in [2.24, 2.45) is 0 Å². The van der Waals surface area contributed by atoms with E-state index in [1.54, 1.807) is 6.07 Å². The SMILES string of the molecule is CSC1CCCCC1NC(=O)c1ccoc1Br. The number of nitrogens with one attached hydrogen (secondary N) is 1. The molecule has 0 spiro atoms. The van der Waals surface area contributed by atoms with Crippen molar-refractivity contribution in [1.82, 2.24) is 5.32 Å². The van der Waals surface area contributed by atoms with Gasteiger partial charge in [0.15, 0.2) is 4.67 Å². The maximum Gasteiger partial charge on any atom is 0.256 e. The number of hydrogen-bond acceptors (Lipinski definition) is 3. The summed E-state index contributed by atoms with van der Waals surface area (Å²) in [5, 5.41) is 3.65. The molecule has 2 atom stereocenters. The fourth-order valence-corrected chi connectivity index (χ4v) is 3.60. The molecule has 5 heteroatoms. The van der Waals surface area contributed by atoms with Gasteiger partial charge in [0.1, 0.15) is 0 Å². The Morgan fingerprint density at radius 1 is 1.53 bits per heavy atom. The number of hydrogen-bond donors (Lipinski definition) is 1. The van der Waals surface area contributed by atoms with Gasteiger partial charge in [-0.2, -0.15) is 11.8 Å². The van der Waals surface area contributed by atoms with E-state index in [4.69, 9.17) is 4.42 Å². The molecule has 2 rings (SSSR count). The molecule has 1 saturated carbocycles. The fourth-order valence-electron chi connectivity index (χ4n) is 2.25. The molecular weight excluding hydrogens is 302 g/mol. The van der Waals surface area contributed by atoms with Crippen LogP contribution in [0.5, 0.6) is 0 Å². The van der Waals surface area contributed by atoms with Crippen LogP contribution < -0.4 is 5.32 Å². The minimum absolute atomic E-state index is 0.0448. The molecule has 1 fully saturated rings. The third-order valence-corrected chi connectivity index (χ3v) is 4.97. The molecule has 1 N–H and O–H groups in total. The summed E-state index contributed by atoms with van der Waals surface area (Å²) in [6, 6.07) is 1.98. The monoisotopic (exact) mass is 317 g/mol. The molecule has 0 aromatic carbocycles. The van der Waals surface area contributed by atoms with Gasteiger partial charge < -0.3 is 9.73 Å². The predicted molar refractivity (Wildman–Crippen MR) is 73.4 cm³/mol. The highest BCUT2D eigenvalue weighted by Gasteiger charge is 2.26. The Bertz CT molecular complexity index is 394. The van der Waals surface area contributed by atoms with Crippen molar-refractivity contribution in [3.05, 3.63) is 22.6 Å². The second kappa shape index (κ2) is 5.96. The Labute approximate surface area is 114 Å². The lowest BCUT2D eigenvalue weighted by Crippen LogP contribution is -2.43. The Morgan fingerprint density at radius 2 is 2.29 bits per heavy atom. The van der Waals surface area contributed by atoms with E-state index in [9.17, 15) is 4.79 Å². The van der Waals surface area contributed by atoms with E-state index in [0.29, 0.717) is 15.5 Å². The van der Waals surface area contributed by atoms with Gasteiger partial charge in [-0.15, -0.1) is 0 Å². The minimum atomic E-state index is -0.0448. The molecular formula is C12H16BrNO2S. The third kappa shape index (κ3) is 3.07. The molecule has 0 saturated heterocycles. The maximum absolute atomic E-state index is 12.0. The molecule has 1 aromatic rings. The number of rotatable bonds is 3. The molecule has 0 radical (unpaired) electrons. The van der Waals surface area contributed by atoms with E-state index >= 15 is 0 Å². The summed E-state index contributed by atoms with van der Waals surface area (Å²) in [7, 11) is 0. The molecule has 17 heavy (non-hydrogen) atoms. The van der Waals surface area contributed by atoms with Crippen molar-refractivity contribution in [2.45, 2.75) is 37.0 Å². The van der Waals surface area contributed by atoms with Crippen molar-refractivity contribution in [1.29, 1.82) is 0 Å². The van der Waals surface area contributed by atoms with Crippen molar-refractivity contribution < 1.29 is 9.21 Å². The molecule has 94 valence electrons. The largest absolute Gasteiger partial charge is 0.457 e. The summed E-state index contributed by atoms with van der Waals surface area (Å²) < 4.78 is 5.58. The first-order chi connectivity index (χ1) is 8.22. The summed E-state index contributed by atoms with van der Waals surface area (Å²) in [4.78, 5) is 12.0. The second-order valence-corrected chi connectivity index (χ2v) is 6.04. The molecule has 0 aliphatic heterocycles. The highest BCUT2D eigenvalue weighted by Crippen LogP contribution is 2.27. The van der Waals surface area contributed by atoms with Crippen LogP contribution in [-0.4, -0.2) is 23.5 Å². The Morgan fingerprint density at radius 3 is 2.94 bits per heavy atom.